The summed E-state index contributed by atoms with van der Waals surface area (Å²) in [6.07, 6.45) is 2.43. The molecule has 2 heterocycles. The van der Waals surface area contributed by atoms with Crippen LogP contribution in [0.3, 0.4) is 0 Å². The topological polar surface area (TPSA) is 66.8 Å². The molecule has 1 saturated heterocycles. The third-order valence-corrected chi connectivity index (χ3v) is 4.42. The molecule has 1 fully saturated rings. The molecule has 3 rings (SSSR count). The number of carbonyl (C=O) groups is 2. The van der Waals surface area contributed by atoms with Gasteiger partial charge < -0.3 is 14.7 Å². The largest absolute Gasteiger partial charge is 0.478 e. The number of carboxylic acids is 1. The van der Waals surface area contributed by atoms with Crippen LogP contribution in [0.15, 0.2) is 18.2 Å². The fourth-order valence-electron chi connectivity index (χ4n) is 3.15. The maximum atomic E-state index is 12.6. The van der Waals surface area contributed by atoms with Gasteiger partial charge in [0.2, 0.25) is 0 Å². The highest BCUT2D eigenvalue weighted by molar-refractivity contribution is 5.88. The van der Waals surface area contributed by atoms with Gasteiger partial charge in [0, 0.05) is 19.7 Å². The summed E-state index contributed by atoms with van der Waals surface area (Å²) >= 11 is 0. The quantitative estimate of drug-likeness (QED) is 0.902. The molecule has 0 aliphatic carbocycles. The summed E-state index contributed by atoms with van der Waals surface area (Å²) in [6.45, 7) is 3.62. The number of hydrogen-bond donors (Lipinski definition) is 1. The smallest absolute Gasteiger partial charge is 0.335 e. The van der Waals surface area contributed by atoms with Crippen LogP contribution in [0, 0.1) is 0 Å². The van der Waals surface area contributed by atoms with Crippen LogP contribution >= 0.6 is 0 Å². The third-order valence-electron chi connectivity index (χ3n) is 4.42. The van der Waals surface area contributed by atoms with Crippen LogP contribution in [0.2, 0.25) is 0 Å². The van der Waals surface area contributed by atoms with E-state index in [4.69, 9.17) is 9.84 Å². The number of rotatable bonds is 2. The van der Waals surface area contributed by atoms with E-state index in [1.54, 1.807) is 17.0 Å². The van der Waals surface area contributed by atoms with Crippen molar-refractivity contribution >= 4 is 11.9 Å². The molecule has 0 radical (unpaired) electrons. The van der Waals surface area contributed by atoms with Gasteiger partial charge in [-0.3, -0.25) is 4.79 Å². The molecule has 1 unspecified atom stereocenters. The van der Waals surface area contributed by atoms with Crippen molar-refractivity contribution in [3.63, 3.8) is 0 Å². The summed E-state index contributed by atoms with van der Waals surface area (Å²) < 4.78 is 5.62. The molecule has 1 N–H and O–H groups in total. The number of aromatic carboxylic acids is 1. The fourth-order valence-corrected chi connectivity index (χ4v) is 3.15. The van der Waals surface area contributed by atoms with E-state index in [-0.39, 0.29) is 11.5 Å². The second-order valence-corrected chi connectivity index (χ2v) is 5.95. The first-order chi connectivity index (χ1) is 9.99. The van der Waals surface area contributed by atoms with Gasteiger partial charge in [-0.05, 0) is 49.4 Å². The Labute approximate surface area is 123 Å². The number of hydrogen-bond acceptors (Lipinski definition) is 3. The molecule has 2 aliphatic heterocycles. The van der Waals surface area contributed by atoms with Gasteiger partial charge in [-0.15, -0.1) is 0 Å². The predicted molar refractivity (Wildman–Crippen MR) is 76.1 cm³/mol. The minimum atomic E-state index is -0.938. The molecule has 2 aliphatic rings. The van der Waals surface area contributed by atoms with Crippen LogP contribution in [0.4, 0.5) is 0 Å². The van der Waals surface area contributed by atoms with Crippen LogP contribution in [0.1, 0.15) is 41.3 Å². The van der Waals surface area contributed by atoms with Crippen molar-refractivity contribution in [1.29, 1.82) is 0 Å². The number of fused-ring (bicyclic) bond motifs is 1. The summed E-state index contributed by atoms with van der Waals surface area (Å²) in [6, 6.07) is 5.16. The van der Waals surface area contributed by atoms with Gasteiger partial charge in [0.25, 0.3) is 5.91 Å². The first kappa shape index (κ1) is 14.1. The lowest BCUT2D eigenvalue weighted by molar-refractivity contribution is -0.152. The molecule has 112 valence electrons. The van der Waals surface area contributed by atoms with E-state index in [9.17, 15) is 9.59 Å². The Morgan fingerprint density at radius 1 is 1.33 bits per heavy atom. The number of carbonyl (C=O) groups excluding carboxylic acids is 1. The molecule has 1 atom stereocenters. The van der Waals surface area contributed by atoms with Crippen LogP contribution in [0.25, 0.3) is 0 Å². The summed E-state index contributed by atoms with van der Waals surface area (Å²) in [5.41, 5.74) is 1.62. The highest BCUT2D eigenvalue weighted by Gasteiger charge is 2.41. The fraction of sp³-hybridized carbons (Fsp3) is 0.500. The van der Waals surface area contributed by atoms with Crippen molar-refractivity contribution in [2.24, 2.45) is 0 Å². The van der Waals surface area contributed by atoms with Crippen LogP contribution in [-0.2, 0) is 22.5 Å². The highest BCUT2D eigenvalue weighted by Crippen LogP contribution is 2.30. The number of carboxylic acid groups (broad SMARTS) is 1. The van der Waals surface area contributed by atoms with Crippen LogP contribution in [-0.4, -0.2) is 40.6 Å². The van der Waals surface area contributed by atoms with Crippen LogP contribution in [0.5, 0.6) is 0 Å². The Bertz CT molecular complexity index is 590. The Morgan fingerprint density at radius 2 is 2.14 bits per heavy atom. The number of nitrogens with zero attached hydrogens (tertiary/aromatic N) is 1. The lowest BCUT2D eigenvalue weighted by atomic mass is 9.94. The normalized spacial score (nSPS) is 24.7. The summed E-state index contributed by atoms with van der Waals surface area (Å²) in [7, 11) is 0. The zero-order chi connectivity index (χ0) is 15.0. The molecule has 1 amide bonds. The Kier molecular flexibility index (Phi) is 3.45. The first-order valence-electron chi connectivity index (χ1n) is 7.28. The average Bonchev–Trinajstić information content (AvgIpc) is 2.93. The maximum absolute atomic E-state index is 12.6. The van der Waals surface area contributed by atoms with Gasteiger partial charge in [0.15, 0.2) is 0 Å². The second kappa shape index (κ2) is 5.15. The van der Waals surface area contributed by atoms with Gasteiger partial charge in [-0.1, -0.05) is 6.07 Å². The van der Waals surface area contributed by atoms with Crippen molar-refractivity contribution < 1.29 is 19.4 Å². The summed E-state index contributed by atoms with van der Waals surface area (Å²) in [5, 5.41) is 9.07. The van der Waals surface area contributed by atoms with Gasteiger partial charge in [-0.25, -0.2) is 4.79 Å². The number of amides is 1. The SMILES string of the molecule is CC1(C(=O)N2CCc3ccc(C(=O)O)cc3C2)CCCO1. The van der Waals surface area contributed by atoms with Gasteiger partial charge in [0.05, 0.1) is 5.56 Å². The highest BCUT2D eigenvalue weighted by atomic mass is 16.5. The molecule has 1 aromatic carbocycles. The van der Waals surface area contributed by atoms with Crippen molar-refractivity contribution in [2.45, 2.75) is 38.3 Å². The lowest BCUT2D eigenvalue weighted by Crippen LogP contribution is -2.48. The zero-order valence-corrected chi connectivity index (χ0v) is 12.1. The third kappa shape index (κ3) is 2.53. The minimum absolute atomic E-state index is 0.0198. The molecule has 0 aromatic heterocycles. The summed E-state index contributed by atoms with van der Waals surface area (Å²) in [5.74, 6) is -0.918. The van der Waals surface area contributed by atoms with Crippen LogP contribution < -0.4 is 0 Å². The zero-order valence-electron chi connectivity index (χ0n) is 12.1. The Hall–Kier alpha value is -1.88. The van der Waals surface area contributed by atoms with E-state index in [0.29, 0.717) is 19.7 Å². The predicted octanol–water partition coefficient (Wildman–Crippen LogP) is 1.84. The van der Waals surface area contributed by atoms with Crippen molar-refractivity contribution in [1.82, 2.24) is 4.90 Å². The maximum Gasteiger partial charge on any atom is 0.335 e. The molecule has 0 bridgehead atoms. The van der Waals surface area contributed by atoms with E-state index in [1.165, 1.54) is 0 Å². The minimum Gasteiger partial charge on any atom is -0.478 e. The number of benzene rings is 1. The van der Waals surface area contributed by atoms with E-state index < -0.39 is 11.6 Å². The molecule has 1 aromatic rings. The van der Waals surface area contributed by atoms with Crippen molar-refractivity contribution in [2.75, 3.05) is 13.2 Å². The van der Waals surface area contributed by atoms with E-state index in [1.807, 2.05) is 13.0 Å². The monoisotopic (exact) mass is 289 g/mol. The molecular weight excluding hydrogens is 270 g/mol. The molecule has 5 nitrogen and oxygen atoms in total. The number of ether oxygens (including phenoxy) is 1. The van der Waals surface area contributed by atoms with Crippen molar-refractivity contribution in [3.8, 4) is 0 Å². The molecule has 5 heteroatoms. The Morgan fingerprint density at radius 3 is 2.81 bits per heavy atom. The Balaban J connectivity index is 1.81. The lowest BCUT2D eigenvalue weighted by Gasteiger charge is -2.34. The van der Waals surface area contributed by atoms with Crippen molar-refractivity contribution in [3.05, 3.63) is 34.9 Å². The van der Waals surface area contributed by atoms with Gasteiger partial charge >= 0.3 is 5.97 Å². The summed E-state index contributed by atoms with van der Waals surface area (Å²) in [4.78, 5) is 25.5. The van der Waals surface area contributed by atoms with E-state index >= 15 is 0 Å². The molecule has 0 saturated carbocycles. The molecular formula is C16H19NO4. The van der Waals surface area contributed by atoms with Gasteiger partial charge in [-0.2, -0.15) is 0 Å². The second-order valence-electron chi connectivity index (χ2n) is 5.95. The first-order valence-corrected chi connectivity index (χ1v) is 7.28. The molecule has 21 heavy (non-hydrogen) atoms. The standard InChI is InChI=1S/C16H19NO4/c1-16(6-2-8-21-16)15(20)17-7-5-11-3-4-12(14(18)19)9-13(11)10-17/h3-4,9H,2,5-8,10H2,1H3,(H,18,19). The average molecular weight is 289 g/mol. The molecule has 0 spiro atoms. The van der Waals surface area contributed by atoms with E-state index in [0.717, 1.165) is 30.4 Å². The van der Waals surface area contributed by atoms with E-state index in [2.05, 4.69) is 0 Å². The van der Waals surface area contributed by atoms with Gasteiger partial charge in [0.1, 0.15) is 5.60 Å².